The molecule has 22 heavy (non-hydrogen) atoms. The summed E-state index contributed by atoms with van der Waals surface area (Å²) in [6.45, 7) is 8.92. The summed E-state index contributed by atoms with van der Waals surface area (Å²) in [4.78, 5) is 28.9. The van der Waals surface area contributed by atoms with Crippen molar-refractivity contribution in [1.29, 1.82) is 0 Å². The molecule has 1 atom stereocenters. The van der Waals surface area contributed by atoms with Crippen molar-refractivity contribution in [2.75, 3.05) is 20.6 Å². The number of nitrogens with one attached hydrogen (secondary N) is 2. The van der Waals surface area contributed by atoms with Crippen LogP contribution in [-0.4, -0.2) is 45.3 Å². The summed E-state index contributed by atoms with van der Waals surface area (Å²) in [7, 11) is 3.65. The first-order chi connectivity index (χ1) is 10.4. The smallest absolute Gasteiger partial charge is 0.234 e. The van der Waals surface area contributed by atoms with Crippen LogP contribution in [0.15, 0.2) is 0 Å². The third-order valence-corrected chi connectivity index (χ3v) is 2.28. The predicted molar refractivity (Wildman–Crippen MR) is 92.3 cm³/mol. The van der Waals surface area contributed by atoms with E-state index in [1.807, 2.05) is 34.7 Å². The van der Waals surface area contributed by atoms with Gasteiger partial charge in [0.25, 0.3) is 0 Å². The number of hydrogen-bond acceptors (Lipinski definition) is 5. The van der Waals surface area contributed by atoms with Crippen LogP contribution in [0, 0.1) is 5.92 Å². The molecule has 134 valence electrons. The fourth-order valence-electron chi connectivity index (χ4n) is 1.33. The Balaban J connectivity index is -0.000000114. The molecule has 0 saturated carbocycles. The standard InChI is InChI=1S/C6H14N2O.C6H13NO.C2H6.CH3NO/c1-4(2)5(8-3)6(7)9;1-7-5-3-2-4-6-8;1-2;2-1-3/h4-5,8H,1-3H3,(H2,7,9);6-7H,2-5H2,1H3;1-2H3;1H,(H2,2,3). The molecule has 7 nitrogen and oxygen atoms in total. The molecule has 1 unspecified atom stereocenters. The number of hydrogen-bond donors (Lipinski definition) is 4. The molecule has 0 fully saturated rings. The number of aldehydes is 1. The lowest BCUT2D eigenvalue weighted by Crippen LogP contribution is -2.42. The fourth-order valence-corrected chi connectivity index (χ4v) is 1.33. The van der Waals surface area contributed by atoms with Gasteiger partial charge < -0.3 is 26.9 Å². The number of carbonyl (C=O) groups excluding carboxylic acids is 3. The van der Waals surface area contributed by atoms with E-state index in [0.717, 1.165) is 25.7 Å². The van der Waals surface area contributed by atoms with Crippen molar-refractivity contribution in [3.8, 4) is 0 Å². The average molecular weight is 320 g/mol. The Hall–Kier alpha value is -1.47. The zero-order valence-corrected chi connectivity index (χ0v) is 15.0. The number of nitrogens with two attached hydrogens (primary N) is 2. The molecule has 0 radical (unpaired) electrons. The summed E-state index contributed by atoms with van der Waals surface area (Å²) in [6, 6.07) is -0.190. The van der Waals surface area contributed by atoms with Gasteiger partial charge in [0.05, 0.1) is 6.04 Å². The second kappa shape index (κ2) is 27.8. The first-order valence-electron chi connectivity index (χ1n) is 7.62. The number of rotatable bonds is 8. The minimum atomic E-state index is -0.285. The highest BCUT2D eigenvalue weighted by molar-refractivity contribution is 5.80. The number of amides is 2. The molecule has 0 spiro atoms. The van der Waals surface area contributed by atoms with Gasteiger partial charge in [-0.05, 0) is 39.4 Å². The minimum Gasteiger partial charge on any atom is -0.372 e. The summed E-state index contributed by atoms with van der Waals surface area (Å²) in [5.74, 6) is -0.0139. The molecule has 0 aromatic carbocycles. The van der Waals surface area contributed by atoms with Crippen molar-refractivity contribution in [3.63, 3.8) is 0 Å². The van der Waals surface area contributed by atoms with E-state index in [0.29, 0.717) is 6.42 Å². The number of unbranched alkanes of at least 4 members (excludes halogenated alkanes) is 2. The van der Waals surface area contributed by atoms with E-state index >= 15 is 0 Å². The third kappa shape index (κ3) is 31.1. The van der Waals surface area contributed by atoms with Crippen LogP contribution < -0.4 is 22.1 Å². The van der Waals surface area contributed by atoms with Gasteiger partial charge in [0.15, 0.2) is 0 Å². The van der Waals surface area contributed by atoms with Crippen LogP contribution in [0.1, 0.15) is 47.0 Å². The predicted octanol–water partition coefficient (Wildman–Crippen LogP) is 0.418. The number of primary amides is 2. The lowest BCUT2D eigenvalue weighted by molar-refractivity contribution is -0.120. The Labute approximate surface area is 135 Å². The van der Waals surface area contributed by atoms with Gasteiger partial charge >= 0.3 is 0 Å². The van der Waals surface area contributed by atoms with E-state index in [1.54, 1.807) is 7.05 Å². The van der Waals surface area contributed by atoms with Crippen LogP contribution in [0.25, 0.3) is 0 Å². The monoisotopic (exact) mass is 320 g/mol. The van der Waals surface area contributed by atoms with Crippen LogP contribution in [-0.2, 0) is 14.4 Å². The van der Waals surface area contributed by atoms with Crippen LogP contribution in [0.4, 0.5) is 0 Å². The van der Waals surface area contributed by atoms with Crippen molar-refractivity contribution >= 4 is 18.6 Å². The van der Waals surface area contributed by atoms with Crippen LogP contribution in [0.2, 0.25) is 0 Å². The van der Waals surface area contributed by atoms with Gasteiger partial charge in [0, 0.05) is 6.42 Å². The zero-order valence-electron chi connectivity index (χ0n) is 15.0. The van der Waals surface area contributed by atoms with Crippen LogP contribution in [0.5, 0.6) is 0 Å². The van der Waals surface area contributed by atoms with Gasteiger partial charge in [-0.2, -0.15) is 0 Å². The second-order valence-electron chi connectivity index (χ2n) is 4.31. The Morgan fingerprint density at radius 2 is 1.59 bits per heavy atom. The molecule has 6 N–H and O–H groups in total. The van der Waals surface area contributed by atoms with Gasteiger partial charge in [-0.25, -0.2) is 0 Å². The van der Waals surface area contributed by atoms with Gasteiger partial charge in [-0.3, -0.25) is 9.59 Å². The molecule has 0 aromatic rings. The number of likely N-dealkylation sites (N-methyl/N-ethyl adjacent to an activating group) is 1. The highest BCUT2D eigenvalue weighted by atomic mass is 16.1. The Bertz CT molecular complexity index is 237. The van der Waals surface area contributed by atoms with E-state index in [1.165, 1.54) is 0 Å². The molecule has 0 aromatic heterocycles. The summed E-state index contributed by atoms with van der Waals surface area (Å²) in [5.41, 5.74) is 9.21. The quantitative estimate of drug-likeness (QED) is 0.381. The lowest BCUT2D eigenvalue weighted by Gasteiger charge is -2.14. The van der Waals surface area contributed by atoms with Crippen molar-refractivity contribution in [1.82, 2.24) is 10.6 Å². The van der Waals surface area contributed by atoms with E-state index in [9.17, 15) is 9.59 Å². The molecule has 0 aliphatic carbocycles. The van der Waals surface area contributed by atoms with Crippen molar-refractivity contribution in [2.45, 2.75) is 53.0 Å². The summed E-state index contributed by atoms with van der Waals surface area (Å²) < 4.78 is 0. The first kappa shape index (κ1) is 28.7. The third-order valence-electron chi connectivity index (χ3n) is 2.28. The summed E-state index contributed by atoms with van der Waals surface area (Å²) in [6.07, 6.45) is 4.05. The van der Waals surface area contributed by atoms with Gasteiger partial charge in [-0.15, -0.1) is 0 Å². The second-order valence-corrected chi connectivity index (χ2v) is 4.31. The molecule has 0 heterocycles. The Morgan fingerprint density at radius 1 is 1.14 bits per heavy atom. The fraction of sp³-hybridized carbons (Fsp3) is 0.800. The van der Waals surface area contributed by atoms with Crippen molar-refractivity contribution in [3.05, 3.63) is 0 Å². The summed E-state index contributed by atoms with van der Waals surface area (Å²) in [5, 5.41) is 5.84. The molecule has 0 rings (SSSR count). The lowest BCUT2D eigenvalue weighted by atomic mass is 10.0. The van der Waals surface area contributed by atoms with Gasteiger partial charge in [-0.1, -0.05) is 27.7 Å². The highest BCUT2D eigenvalue weighted by Crippen LogP contribution is 1.98. The maximum absolute atomic E-state index is 10.5. The molecule has 0 saturated heterocycles. The maximum atomic E-state index is 10.5. The average Bonchev–Trinajstić information content (AvgIpc) is 2.47. The van der Waals surface area contributed by atoms with E-state index in [4.69, 9.17) is 10.5 Å². The van der Waals surface area contributed by atoms with E-state index in [-0.39, 0.29) is 24.3 Å². The Kier molecular flexibility index (Phi) is 36.2. The highest BCUT2D eigenvalue weighted by Gasteiger charge is 2.15. The molecule has 0 aliphatic heterocycles. The normalized spacial score (nSPS) is 9.77. The van der Waals surface area contributed by atoms with Gasteiger partial charge in [0.1, 0.15) is 6.29 Å². The van der Waals surface area contributed by atoms with Crippen LogP contribution >= 0.6 is 0 Å². The SMILES string of the molecule is CC.CNC(C(N)=O)C(C)C.CNCCCCC=O.NC=O. The summed E-state index contributed by atoms with van der Waals surface area (Å²) >= 11 is 0. The van der Waals surface area contributed by atoms with Crippen LogP contribution in [0.3, 0.4) is 0 Å². The molecular formula is C15H36N4O3. The van der Waals surface area contributed by atoms with E-state index < -0.39 is 0 Å². The van der Waals surface area contributed by atoms with Crippen molar-refractivity contribution in [2.24, 2.45) is 17.4 Å². The Morgan fingerprint density at radius 3 is 1.77 bits per heavy atom. The largest absolute Gasteiger partial charge is 0.372 e. The maximum Gasteiger partial charge on any atom is 0.234 e. The first-order valence-corrected chi connectivity index (χ1v) is 7.62. The molecule has 7 heteroatoms. The number of carbonyl (C=O) groups is 3. The molecule has 0 bridgehead atoms. The zero-order chi connectivity index (χ0) is 18.4. The van der Waals surface area contributed by atoms with Crippen molar-refractivity contribution < 1.29 is 14.4 Å². The topological polar surface area (TPSA) is 127 Å². The molecule has 0 aliphatic rings. The minimum absolute atomic E-state index is 0.190. The van der Waals surface area contributed by atoms with E-state index in [2.05, 4.69) is 16.4 Å². The molecular weight excluding hydrogens is 284 g/mol. The molecule has 2 amide bonds. The van der Waals surface area contributed by atoms with Gasteiger partial charge in [0.2, 0.25) is 12.3 Å².